The first-order chi connectivity index (χ1) is 15.9. The summed E-state index contributed by atoms with van der Waals surface area (Å²) in [5.74, 6) is 0.0384. The molecule has 33 heavy (non-hydrogen) atoms. The Balaban J connectivity index is 1.29. The molecular weight excluding hydrogens is 416 g/mol. The maximum atomic E-state index is 12.7. The van der Waals surface area contributed by atoms with Gasteiger partial charge in [0, 0.05) is 12.1 Å². The van der Waals surface area contributed by atoms with Gasteiger partial charge in [-0.3, -0.25) is 14.4 Å². The van der Waals surface area contributed by atoms with Crippen molar-refractivity contribution in [3.05, 3.63) is 89.0 Å². The molecule has 3 aromatic carbocycles. The smallest absolute Gasteiger partial charge is 0.266 e. The lowest BCUT2D eigenvalue weighted by molar-refractivity contribution is -0.116. The van der Waals surface area contributed by atoms with Crippen molar-refractivity contribution in [2.45, 2.75) is 33.1 Å². The van der Waals surface area contributed by atoms with Gasteiger partial charge in [0.05, 0.1) is 23.4 Å². The van der Waals surface area contributed by atoms with Gasteiger partial charge in [0.25, 0.3) is 11.8 Å². The van der Waals surface area contributed by atoms with Crippen LogP contribution >= 0.6 is 0 Å². The second kappa shape index (κ2) is 9.69. The van der Waals surface area contributed by atoms with Crippen molar-refractivity contribution in [3.8, 4) is 5.75 Å². The molecule has 0 spiro atoms. The highest BCUT2D eigenvalue weighted by molar-refractivity contribution is 6.34. The van der Waals surface area contributed by atoms with Crippen LogP contribution in [0.25, 0.3) is 0 Å². The van der Waals surface area contributed by atoms with E-state index >= 15 is 0 Å². The van der Waals surface area contributed by atoms with E-state index in [9.17, 15) is 14.4 Å². The van der Waals surface area contributed by atoms with Gasteiger partial charge in [-0.2, -0.15) is 0 Å². The van der Waals surface area contributed by atoms with E-state index in [1.165, 1.54) is 0 Å². The number of hydrogen-bond donors (Lipinski definition) is 1. The van der Waals surface area contributed by atoms with Crippen LogP contribution in [-0.2, 0) is 4.79 Å². The molecule has 6 heteroatoms. The van der Waals surface area contributed by atoms with Crippen LogP contribution in [-0.4, -0.2) is 24.3 Å². The van der Waals surface area contributed by atoms with Crippen molar-refractivity contribution < 1.29 is 19.1 Å². The Kier molecular flexibility index (Phi) is 6.54. The lowest BCUT2D eigenvalue weighted by Gasteiger charge is -2.15. The Morgan fingerprint density at radius 2 is 1.61 bits per heavy atom. The normalized spacial score (nSPS) is 12.6. The highest BCUT2D eigenvalue weighted by Gasteiger charge is 2.36. The molecule has 0 unspecified atom stereocenters. The molecule has 1 N–H and O–H groups in total. The fourth-order valence-electron chi connectivity index (χ4n) is 3.80. The number of rotatable bonds is 8. The predicted molar refractivity (Wildman–Crippen MR) is 128 cm³/mol. The zero-order chi connectivity index (χ0) is 23.4. The van der Waals surface area contributed by atoms with Crippen LogP contribution in [0.3, 0.4) is 0 Å². The minimum absolute atomic E-state index is 0.124. The first kappa shape index (κ1) is 22.3. The number of anilines is 2. The Morgan fingerprint density at radius 1 is 0.879 bits per heavy atom. The summed E-state index contributed by atoms with van der Waals surface area (Å²) >= 11 is 0. The van der Waals surface area contributed by atoms with E-state index in [0.717, 1.165) is 28.2 Å². The molecule has 1 aliphatic heterocycles. The third kappa shape index (κ3) is 4.95. The number of nitrogens with zero attached hydrogens (tertiary/aromatic N) is 1. The van der Waals surface area contributed by atoms with Gasteiger partial charge in [0.15, 0.2) is 0 Å². The summed E-state index contributed by atoms with van der Waals surface area (Å²) in [6.07, 6.45) is 1.80. The maximum absolute atomic E-state index is 12.7. The number of aryl methyl sites for hydroxylation is 2. The van der Waals surface area contributed by atoms with E-state index in [1.807, 2.05) is 26.0 Å². The van der Waals surface area contributed by atoms with Gasteiger partial charge in [-0.1, -0.05) is 30.3 Å². The average Bonchev–Trinajstić information content (AvgIpc) is 3.06. The van der Waals surface area contributed by atoms with Gasteiger partial charge in [0.1, 0.15) is 5.75 Å². The molecular formula is C27H26N2O4. The van der Waals surface area contributed by atoms with Crippen LogP contribution in [0.4, 0.5) is 11.4 Å². The summed E-state index contributed by atoms with van der Waals surface area (Å²) in [5.41, 5.74) is 4.00. The quantitative estimate of drug-likeness (QED) is 0.380. The standard InChI is InChI=1S/C27H26N2O4/c1-18-13-14-19(2)24(16-18)33-15-6-5-12-25(30)28-20-8-7-9-21(17-20)29-26(31)22-10-3-4-11-23(22)27(29)32/h3-4,7-11,13-14,16-17H,5-6,12,15H2,1-2H3,(H,28,30). The van der Waals surface area contributed by atoms with E-state index in [0.29, 0.717) is 42.0 Å². The number of ether oxygens (including phenoxy) is 1. The van der Waals surface area contributed by atoms with Crippen LogP contribution < -0.4 is 15.0 Å². The Morgan fingerprint density at radius 3 is 2.33 bits per heavy atom. The second-order valence-corrected chi connectivity index (χ2v) is 8.16. The summed E-state index contributed by atoms with van der Waals surface area (Å²) in [6, 6.07) is 19.6. The van der Waals surface area contributed by atoms with E-state index in [-0.39, 0.29) is 17.7 Å². The van der Waals surface area contributed by atoms with Crippen molar-refractivity contribution in [1.29, 1.82) is 0 Å². The van der Waals surface area contributed by atoms with Crippen LogP contribution in [0.1, 0.15) is 51.1 Å². The first-order valence-corrected chi connectivity index (χ1v) is 11.0. The number of imide groups is 1. The molecule has 0 aromatic heterocycles. The zero-order valence-corrected chi connectivity index (χ0v) is 18.8. The minimum atomic E-state index is -0.358. The van der Waals surface area contributed by atoms with Crippen molar-refractivity contribution in [3.63, 3.8) is 0 Å². The monoisotopic (exact) mass is 442 g/mol. The molecule has 3 amide bonds. The molecule has 0 saturated carbocycles. The van der Waals surface area contributed by atoms with Gasteiger partial charge < -0.3 is 10.1 Å². The van der Waals surface area contributed by atoms with Gasteiger partial charge in [-0.05, 0) is 74.2 Å². The third-order valence-corrected chi connectivity index (χ3v) is 5.58. The fraction of sp³-hybridized carbons (Fsp3) is 0.222. The van der Waals surface area contributed by atoms with Gasteiger partial charge in [0.2, 0.25) is 5.91 Å². The zero-order valence-electron chi connectivity index (χ0n) is 18.8. The molecule has 6 nitrogen and oxygen atoms in total. The maximum Gasteiger partial charge on any atom is 0.266 e. The largest absolute Gasteiger partial charge is 0.493 e. The molecule has 4 rings (SSSR count). The van der Waals surface area contributed by atoms with Crippen LogP contribution in [0.2, 0.25) is 0 Å². The number of benzene rings is 3. The molecule has 1 heterocycles. The number of amides is 3. The summed E-state index contributed by atoms with van der Waals surface area (Å²) in [6.45, 7) is 4.59. The summed E-state index contributed by atoms with van der Waals surface area (Å²) in [7, 11) is 0. The van der Waals surface area contributed by atoms with Crippen molar-refractivity contribution in [2.75, 3.05) is 16.8 Å². The van der Waals surface area contributed by atoms with Gasteiger partial charge >= 0.3 is 0 Å². The van der Waals surface area contributed by atoms with Gasteiger partial charge in [-0.25, -0.2) is 4.90 Å². The highest BCUT2D eigenvalue weighted by Crippen LogP contribution is 2.29. The highest BCUT2D eigenvalue weighted by atomic mass is 16.5. The molecule has 1 aliphatic rings. The lowest BCUT2D eigenvalue weighted by atomic mass is 10.1. The Hall–Kier alpha value is -3.93. The number of hydrogen-bond acceptors (Lipinski definition) is 4. The lowest BCUT2D eigenvalue weighted by Crippen LogP contribution is -2.29. The van der Waals surface area contributed by atoms with E-state index in [2.05, 4.69) is 11.4 Å². The number of fused-ring (bicyclic) bond motifs is 1. The van der Waals surface area contributed by atoms with Crippen molar-refractivity contribution in [2.24, 2.45) is 0 Å². The number of carbonyl (C=O) groups excluding carboxylic acids is 3. The summed E-state index contributed by atoms with van der Waals surface area (Å²) < 4.78 is 5.84. The third-order valence-electron chi connectivity index (χ3n) is 5.58. The number of carbonyl (C=O) groups is 3. The van der Waals surface area contributed by atoms with Crippen molar-refractivity contribution >= 4 is 29.1 Å². The van der Waals surface area contributed by atoms with Crippen LogP contribution in [0, 0.1) is 13.8 Å². The minimum Gasteiger partial charge on any atom is -0.493 e. The average molecular weight is 443 g/mol. The van der Waals surface area contributed by atoms with Gasteiger partial charge in [-0.15, -0.1) is 0 Å². The molecule has 3 aromatic rings. The van der Waals surface area contributed by atoms with Crippen molar-refractivity contribution in [1.82, 2.24) is 0 Å². The molecule has 168 valence electrons. The van der Waals surface area contributed by atoms with E-state index in [4.69, 9.17) is 4.74 Å². The fourth-order valence-corrected chi connectivity index (χ4v) is 3.80. The first-order valence-electron chi connectivity index (χ1n) is 11.0. The summed E-state index contributed by atoms with van der Waals surface area (Å²) in [5, 5.41) is 2.85. The number of unbranched alkanes of at least 4 members (excludes halogenated alkanes) is 1. The number of nitrogens with one attached hydrogen (secondary N) is 1. The molecule has 0 atom stereocenters. The molecule has 0 bridgehead atoms. The Bertz CT molecular complexity index is 1180. The van der Waals surface area contributed by atoms with Crippen LogP contribution in [0.5, 0.6) is 5.75 Å². The molecule has 0 saturated heterocycles. The van der Waals surface area contributed by atoms with E-state index < -0.39 is 0 Å². The molecule has 0 fully saturated rings. The molecule has 0 radical (unpaired) electrons. The Labute approximate surface area is 193 Å². The van der Waals surface area contributed by atoms with Crippen LogP contribution in [0.15, 0.2) is 66.7 Å². The van der Waals surface area contributed by atoms with E-state index in [1.54, 1.807) is 48.5 Å². The topological polar surface area (TPSA) is 75.7 Å². The molecule has 0 aliphatic carbocycles. The predicted octanol–water partition coefficient (Wildman–Crippen LogP) is 5.29. The summed E-state index contributed by atoms with van der Waals surface area (Å²) in [4.78, 5) is 38.9. The SMILES string of the molecule is Cc1ccc(C)c(OCCCCC(=O)Nc2cccc(N3C(=O)c4ccccc4C3=O)c2)c1. The second-order valence-electron chi connectivity index (χ2n) is 8.16.